The quantitative estimate of drug-likeness (QED) is 0.340. The van der Waals surface area contributed by atoms with E-state index in [9.17, 15) is 9.59 Å². The van der Waals surface area contributed by atoms with Gasteiger partial charge in [0.05, 0.1) is 32.0 Å². The molecule has 4 aromatic rings. The molecule has 0 unspecified atom stereocenters. The van der Waals surface area contributed by atoms with E-state index in [-0.39, 0.29) is 18.2 Å². The van der Waals surface area contributed by atoms with Crippen LogP contribution in [0.2, 0.25) is 0 Å². The second-order valence-corrected chi connectivity index (χ2v) is 7.43. The molecule has 2 heterocycles. The maximum atomic E-state index is 12.3. The average Bonchev–Trinajstić information content (AvgIpc) is 3.15. The molecule has 0 bridgehead atoms. The van der Waals surface area contributed by atoms with Gasteiger partial charge < -0.3 is 19.4 Å². The fraction of sp³-hybridized carbons (Fsp3) is 0.240. The molecule has 32 heavy (non-hydrogen) atoms. The Morgan fingerprint density at radius 1 is 0.969 bits per heavy atom. The Morgan fingerprint density at radius 2 is 1.72 bits per heavy atom. The van der Waals surface area contributed by atoms with Crippen molar-refractivity contribution in [3.05, 3.63) is 77.6 Å². The molecule has 0 saturated carbocycles. The van der Waals surface area contributed by atoms with Gasteiger partial charge in [-0.05, 0) is 17.7 Å². The number of para-hydroxylation sites is 1. The minimum Gasteiger partial charge on any atom is -0.468 e. The number of nitrogens with zero attached hydrogens (tertiary/aromatic N) is 2. The third-order valence-corrected chi connectivity index (χ3v) is 5.43. The molecule has 1 N–H and O–H groups in total. The lowest BCUT2D eigenvalue weighted by atomic mass is 10.1. The number of esters is 2. The zero-order valence-corrected chi connectivity index (χ0v) is 18.1. The summed E-state index contributed by atoms with van der Waals surface area (Å²) >= 11 is 0. The summed E-state index contributed by atoms with van der Waals surface area (Å²) in [5, 5.41) is 5.08. The zero-order valence-electron chi connectivity index (χ0n) is 18.1. The molecule has 0 aliphatic carbocycles. The van der Waals surface area contributed by atoms with Crippen molar-refractivity contribution >= 4 is 33.7 Å². The molecule has 0 radical (unpaired) electrons. The summed E-state index contributed by atoms with van der Waals surface area (Å²) in [6.45, 7) is 1.30. The Labute approximate surface area is 186 Å². The number of fused-ring (bicyclic) bond motifs is 3. The number of ether oxygens (including phenoxy) is 2. The Morgan fingerprint density at radius 3 is 2.47 bits per heavy atom. The summed E-state index contributed by atoms with van der Waals surface area (Å²) in [4.78, 5) is 28.4. The van der Waals surface area contributed by atoms with E-state index < -0.39 is 5.97 Å². The van der Waals surface area contributed by atoms with E-state index in [1.54, 1.807) is 6.07 Å². The Kier molecular flexibility index (Phi) is 6.47. The van der Waals surface area contributed by atoms with Gasteiger partial charge in [-0.3, -0.25) is 4.79 Å². The normalized spacial score (nSPS) is 11.1. The van der Waals surface area contributed by atoms with Crippen molar-refractivity contribution in [2.24, 2.45) is 0 Å². The summed E-state index contributed by atoms with van der Waals surface area (Å²) in [5.74, 6) is -0.805. The van der Waals surface area contributed by atoms with Crippen LogP contribution in [0.3, 0.4) is 0 Å². The first kappa shape index (κ1) is 21.5. The van der Waals surface area contributed by atoms with E-state index in [2.05, 4.69) is 43.9 Å². The minimum absolute atomic E-state index is 0.114. The number of carbonyl (C=O) groups excluding carboxylic acids is 2. The van der Waals surface area contributed by atoms with E-state index in [0.29, 0.717) is 19.5 Å². The molecule has 0 atom stereocenters. The first-order valence-electron chi connectivity index (χ1n) is 10.4. The topological polar surface area (TPSA) is 82.4 Å². The molecule has 7 nitrogen and oxygen atoms in total. The van der Waals surface area contributed by atoms with Gasteiger partial charge in [0.25, 0.3) is 0 Å². The summed E-state index contributed by atoms with van der Waals surface area (Å²) < 4.78 is 11.9. The van der Waals surface area contributed by atoms with Crippen molar-refractivity contribution in [1.29, 1.82) is 0 Å². The maximum Gasteiger partial charge on any atom is 0.356 e. The van der Waals surface area contributed by atoms with Gasteiger partial charge in [0.2, 0.25) is 0 Å². The van der Waals surface area contributed by atoms with Crippen molar-refractivity contribution in [1.82, 2.24) is 14.9 Å². The Balaban J connectivity index is 1.84. The van der Waals surface area contributed by atoms with Crippen LogP contribution in [-0.2, 0) is 27.2 Å². The van der Waals surface area contributed by atoms with Crippen LogP contribution in [-0.4, -0.2) is 48.8 Å². The SMILES string of the molecule is COC(=O)CNCCc1nc(C(=O)OC)cc2c3ccccc3n(Cc3ccccc3)c12. The number of nitrogens with one attached hydrogen (secondary N) is 1. The summed E-state index contributed by atoms with van der Waals surface area (Å²) in [6, 6.07) is 20.2. The van der Waals surface area contributed by atoms with E-state index in [0.717, 1.165) is 27.5 Å². The van der Waals surface area contributed by atoms with Crippen LogP contribution in [0.5, 0.6) is 0 Å². The monoisotopic (exact) mass is 431 g/mol. The van der Waals surface area contributed by atoms with E-state index in [4.69, 9.17) is 4.74 Å². The second kappa shape index (κ2) is 9.62. The van der Waals surface area contributed by atoms with Gasteiger partial charge in [0.1, 0.15) is 5.69 Å². The molecule has 0 fully saturated rings. The van der Waals surface area contributed by atoms with Crippen LogP contribution >= 0.6 is 0 Å². The predicted octanol–water partition coefficient (Wildman–Crippen LogP) is 3.33. The molecule has 4 rings (SSSR count). The van der Waals surface area contributed by atoms with Crippen LogP contribution in [0, 0.1) is 0 Å². The molecule has 0 saturated heterocycles. The Hall–Kier alpha value is -3.71. The highest BCUT2D eigenvalue weighted by atomic mass is 16.5. The number of aromatic nitrogens is 2. The van der Waals surface area contributed by atoms with Crippen LogP contribution in [0.15, 0.2) is 60.7 Å². The maximum absolute atomic E-state index is 12.3. The molecule has 0 spiro atoms. The first-order chi connectivity index (χ1) is 15.6. The molecule has 0 aliphatic rings. The molecule has 2 aromatic heterocycles. The van der Waals surface area contributed by atoms with Gasteiger partial charge in [0.15, 0.2) is 0 Å². The standard InChI is InChI=1S/C25H25N3O4/c1-31-23(29)15-26-13-12-20-24-19(14-21(27-20)25(30)32-2)18-10-6-7-11-22(18)28(24)16-17-8-4-3-5-9-17/h3-11,14,26H,12-13,15-16H2,1-2H3. The third kappa shape index (κ3) is 4.33. The summed E-state index contributed by atoms with van der Waals surface area (Å²) in [7, 11) is 2.71. The molecule has 7 heteroatoms. The lowest BCUT2D eigenvalue weighted by molar-refractivity contribution is -0.139. The molecule has 164 valence electrons. The summed E-state index contributed by atoms with van der Waals surface area (Å²) in [6.07, 6.45) is 0.531. The highest BCUT2D eigenvalue weighted by Crippen LogP contribution is 2.32. The number of rotatable bonds is 8. The van der Waals surface area contributed by atoms with Crippen molar-refractivity contribution in [3.8, 4) is 0 Å². The van der Waals surface area contributed by atoms with Gasteiger partial charge in [0, 0.05) is 35.8 Å². The predicted molar refractivity (Wildman–Crippen MR) is 123 cm³/mol. The van der Waals surface area contributed by atoms with Gasteiger partial charge >= 0.3 is 11.9 Å². The smallest absolute Gasteiger partial charge is 0.356 e. The molecule has 0 amide bonds. The molecular formula is C25H25N3O4. The molecule has 2 aromatic carbocycles. The fourth-order valence-corrected chi connectivity index (χ4v) is 3.94. The number of methoxy groups -OCH3 is 2. The van der Waals surface area contributed by atoms with Gasteiger partial charge in [-0.15, -0.1) is 0 Å². The van der Waals surface area contributed by atoms with E-state index in [1.807, 2.05) is 30.3 Å². The first-order valence-corrected chi connectivity index (χ1v) is 10.4. The fourth-order valence-electron chi connectivity index (χ4n) is 3.94. The highest BCUT2D eigenvalue weighted by molar-refractivity contribution is 6.10. The van der Waals surface area contributed by atoms with Crippen molar-refractivity contribution < 1.29 is 19.1 Å². The summed E-state index contributed by atoms with van der Waals surface area (Å²) in [5.41, 5.74) is 4.25. The number of benzene rings is 2. The van der Waals surface area contributed by atoms with Crippen LogP contribution in [0.25, 0.3) is 21.8 Å². The van der Waals surface area contributed by atoms with E-state index in [1.165, 1.54) is 19.8 Å². The largest absolute Gasteiger partial charge is 0.468 e. The van der Waals surface area contributed by atoms with Crippen molar-refractivity contribution in [2.45, 2.75) is 13.0 Å². The van der Waals surface area contributed by atoms with Gasteiger partial charge in [-0.25, -0.2) is 9.78 Å². The second-order valence-electron chi connectivity index (χ2n) is 7.43. The number of carbonyl (C=O) groups is 2. The zero-order chi connectivity index (χ0) is 22.5. The van der Waals surface area contributed by atoms with Gasteiger partial charge in [-0.1, -0.05) is 48.5 Å². The molecular weight excluding hydrogens is 406 g/mol. The minimum atomic E-state index is -0.476. The third-order valence-electron chi connectivity index (χ3n) is 5.43. The highest BCUT2D eigenvalue weighted by Gasteiger charge is 2.19. The van der Waals surface area contributed by atoms with Crippen molar-refractivity contribution in [2.75, 3.05) is 27.3 Å². The van der Waals surface area contributed by atoms with Crippen molar-refractivity contribution in [3.63, 3.8) is 0 Å². The number of hydrogen-bond donors (Lipinski definition) is 1. The number of hydrogen-bond acceptors (Lipinski definition) is 6. The lowest BCUT2D eigenvalue weighted by Crippen LogP contribution is -2.26. The Bertz CT molecular complexity index is 1260. The van der Waals surface area contributed by atoms with Gasteiger partial charge in [-0.2, -0.15) is 0 Å². The number of pyridine rings is 1. The molecule has 0 aliphatic heterocycles. The van der Waals surface area contributed by atoms with E-state index >= 15 is 0 Å². The van der Waals surface area contributed by atoms with Crippen LogP contribution in [0.4, 0.5) is 0 Å². The van der Waals surface area contributed by atoms with Crippen LogP contribution in [0.1, 0.15) is 21.7 Å². The lowest BCUT2D eigenvalue weighted by Gasteiger charge is -2.12. The van der Waals surface area contributed by atoms with Crippen LogP contribution < -0.4 is 5.32 Å². The average molecular weight is 431 g/mol.